The van der Waals surface area contributed by atoms with E-state index in [9.17, 15) is 4.39 Å². The van der Waals surface area contributed by atoms with Gasteiger partial charge in [-0.05, 0) is 52.1 Å². The van der Waals surface area contributed by atoms with Crippen molar-refractivity contribution in [3.8, 4) is 10.4 Å². The molecule has 0 atom stereocenters. The lowest BCUT2D eigenvalue weighted by Crippen LogP contribution is -2.03. The predicted octanol–water partition coefficient (Wildman–Crippen LogP) is 4.69. The smallest absolute Gasteiger partial charge is 0.151 e. The van der Waals surface area contributed by atoms with Gasteiger partial charge in [0.2, 0.25) is 0 Å². The maximum absolute atomic E-state index is 14.0. The zero-order valence-corrected chi connectivity index (χ0v) is 12.2. The molecule has 1 nitrogen and oxygen atoms in total. The van der Waals surface area contributed by atoms with Crippen molar-refractivity contribution in [2.75, 3.05) is 7.05 Å². The third kappa shape index (κ3) is 2.71. The van der Waals surface area contributed by atoms with Gasteiger partial charge in [0.1, 0.15) is 0 Å². The standard InChI is InChI=1S/C12H10BrClFNS/c1-16-5-7-4-10(17-6-7)8-2-3-9(13)11(14)12(8)15/h2-4,6,16H,5H2,1H3. The fourth-order valence-electron chi connectivity index (χ4n) is 1.53. The van der Waals surface area contributed by atoms with E-state index >= 15 is 0 Å². The number of hydrogen-bond acceptors (Lipinski definition) is 2. The Morgan fingerprint density at radius 3 is 2.94 bits per heavy atom. The van der Waals surface area contributed by atoms with Gasteiger partial charge in [0.15, 0.2) is 5.82 Å². The number of benzene rings is 1. The van der Waals surface area contributed by atoms with Crippen molar-refractivity contribution in [3.05, 3.63) is 44.5 Å². The second-order valence-corrected chi connectivity index (χ2v) is 5.72. The van der Waals surface area contributed by atoms with E-state index in [4.69, 9.17) is 11.6 Å². The van der Waals surface area contributed by atoms with Gasteiger partial charge in [-0.3, -0.25) is 0 Å². The van der Waals surface area contributed by atoms with Crippen LogP contribution in [0.5, 0.6) is 0 Å². The molecule has 0 aliphatic rings. The zero-order chi connectivity index (χ0) is 12.4. The number of thiophene rings is 1. The molecule has 17 heavy (non-hydrogen) atoms. The van der Waals surface area contributed by atoms with Crippen LogP contribution in [0.15, 0.2) is 28.1 Å². The van der Waals surface area contributed by atoms with Gasteiger partial charge in [-0.15, -0.1) is 11.3 Å². The summed E-state index contributed by atoms with van der Waals surface area (Å²) in [5.74, 6) is -0.376. The maximum atomic E-state index is 14.0. The Labute approximate surface area is 117 Å². The Bertz CT molecular complexity index is 541. The predicted molar refractivity (Wildman–Crippen MR) is 75.2 cm³/mol. The van der Waals surface area contributed by atoms with Crippen molar-refractivity contribution in [3.63, 3.8) is 0 Å². The first kappa shape index (κ1) is 13.0. The lowest BCUT2D eigenvalue weighted by Gasteiger charge is -2.03. The Kier molecular flexibility index (Phi) is 4.20. The van der Waals surface area contributed by atoms with Crippen LogP contribution in [-0.2, 0) is 6.54 Å². The molecule has 1 aromatic heterocycles. The average Bonchev–Trinajstić information content (AvgIpc) is 2.75. The van der Waals surface area contributed by atoms with Crippen LogP contribution >= 0.6 is 38.9 Å². The monoisotopic (exact) mass is 333 g/mol. The molecule has 1 N–H and O–H groups in total. The van der Waals surface area contributed by atoms with Crippen molar-refractivity contribution < 1.29 is 4.39 Å². The normalized spacial score (nSPS) is 10.8. The molecule has 90 valence electrons. The topological polar surface area (TPSA) is 12.0 Å². The van der Waals surface area contributed by atoms with Crippen LogP contribution in [0.25, 0.3) is 10.4 Å². The van der Waals surface area contributed by atoms with E-state index in [1.165, 1.54) is 11.3 Å². The van der Waals surface area contributed by atoms with Gasteiger partial charge in [-0.2, -0.15) is 0 Å². The lowest BCUT2D eigenvalue weighted by molar-refractivity contribution is 0.631. The summed E-state index contributed by atoms with van der Waals surface area (Å²) in [6.07, 6.45) is 0. The molecule has 0 radical (unpaired) electrons. The summed E-state index contributed by atoms with van der Waals surface area (Å²) < 4.78 is 14.5. The zero-order valence-electron chi connectivity index (χ0n) is 9.06. The summed E-state index contributed by atoms with van der Waals surface area (Å²) in [5, 5.41) is 5.21. The number of rotatable bonds is 3. The minimum Gasteiger partial charge on any atom is -0.316 e. The maximum Gasteiger partial charge on any atom is 0.151 e. The summed E-state index contributed by atoms with van der Waals surface area (Å²) in [6.45, 7) is 0.780. The van der Waals surface area contributed by atoms with Crippen LogP contribution in [0.4, 0.5) is 4.39 Å². The molecule has 0 bridgehead atoms. The molecule has 5 heteroatoms. The van der Waals surface area contributed by atoms with Crippen LogP contribution in [-0.4, -0.2) is 7.05 Å². The largest absolute Gasteiger partial charge is 0.316 e. The van der Waals surface area contributed by atoms with Crippen molar-refractivity contribution >= 4 is 38.9 Å². The Balaban J connectivity index is 2.42. The Hall–Kier alpha value is -0.420. The summed E-state index contributed by atoms with van der Waals surface area (Å²) in [7, 11) is 1.88. The fraction of sp³-hybridized carbons (Fsp3) is 0.167. The number of hydrogen-bond donors (Lipinski definition) is 1. The van der Waals surface area contributed by atoms with Crippen molar-refractivity contribution in [2.24, 2.45) is 0 Å². The van der Waals surface area contributed by atoms with Gasteiger partial charge < -0.3 is 5.32 Å². The average molecular weight is 335 g/mol. The number of nitrogens with one attached hydrogen (secondary N) is 1. The Morgan fingerprint density at radius 2 is 2.24 bits per heavy atom. The highest BCUT2D eigenvalue weighted by molar-refractivity contribution is 9.10. The first-order chi connectivity index (χ1) is 8.13. The molecule has 0 saturated heterocycles. The summed E-state index contributed by atoms with van der Waals surface area (Å²) >= 11 is 10.6. The quantitative estimate of drug-likeness (QED) is 0.803. The second-order valence-electron chi connectivity index (χ2n) is 3.57. The lowest BCUT2D eigenvalue weighted by atomic mass is 10.1. The third-order valence-electron chi connectivity index (χ3n) is 2.34. The highest BCUT2D eigenvalue weighted by Gasteiger charge is 2.13. The van der Waals surface area contributed by atoms with Crippen molar-refractivity contribution in [2.45, 2.75) is 6.54 Å². The van der Waals surface area contributed by atoms with Gasteiger partial charge in [-0.1, -0.05) is 11.6 Å². The molecule has 2 rings (SSSR count). The van der Waals surface area contributed by atoms with E-state index in [-0.39, 0.29) is 10.8 Å². The molecular formula is C12H10BrClFNS. The first-order valence-electron chi connectivity index (χ1n) is 4.99. The first-order valence-corrected chi connectivity index (χ1v) is 7.04. The van der Waals surface area contributed by atoms with E-state index in [1.807, 2.05) is 18.5 Å². The van der Waals surface area contributed by atoms with Gasteiger partial charge in [0, 0.05) is 21.5 Å². The molecule has 0 aliphatic heterocycles. The third-order valence-corrected chi connectivity index (χ3v) is 4.61. The summed E-state index contributed by atoms with van der Waals surface area (Å²) in [4.78, 5) is 0.891. The molecule has 0 aliphatic carbocycles. The van der Waals surface area contributed by atoms with Crippen LogP contribution in [0.2, 0.25) is 5.02 Å². The van der Waals surface area contributed by atoms with E-state index in [0.29, 0.717) is 10.0 Å². The Morgan fingerprint density at radius 1 is 1.47 bits per heavy atom. The van der Waals surface area contributed by atoms with Crippen molar-refractivity contribution in [1.29, 1.82) is 0 Å². The molecule has 1 aromatic carbocycles. The molecule has 0 unspecified atom stereocenters. The molecule has 0 fully saturated rings. The minimum absolute atomic E-state index is 0.131. The molecular weight excluding hydrogens is 325 g/mol. The van der Waals surface area contributed by atoms with Gasteiger partial charge >= 0.3 is 0 Å². The summed E-state index contributed by atoms with van der Waals surface area (Å²) in [5.41, 5.74) is 1.69. The molecule has 0 amide bonds. The minimum atomic E-state index is -0.376. The molecule has 1 heterocycles. The van der Waals surface area contributed by atoms with Gasteiger partial charge in [0.05, 0.1) is 5.02 Å². The fourth-order valence-corrected chi connectivity index (χ4v) is 2.93. The highest BCUT2D eigenvalue weighted by Crippen LogP contribution is 2.35. The number of halogens is 3. The highest BCUT2D eigenvalue weighted by atomic mass is 79.9. The SMILES string of the molecule is CNCc1csc(-c2ccc(Br)c(Cl)c2F)c1. The van der Waals surface area contributed by atoms with E-state index in [1.54, 1.807) is 12.1 Å². The molecule has 2 aromatic rings. The molecule has 0 saturated carbocycles. The second kappa shape index (κ2) is 5.48. The van der Waals surface area contributed by atoms with Gasteiger partial charge in [-0.25, -0.2) is 4.39 Å². The van der Waals surface area contributed by atoms with Crippen molar-refractivity contribution in [1.82, 2.24) is 5.32 Å². The van der Waals surface area contributed by atoms with Crippen LogP contribution in [0.3, 0.4) is 0 Å². The van der Waals surface area contributed by atoms with E-state index < -0.39 is 0 Å². The van der Waals surface area contributed by atoms with Crippen LogP contribution in [0, 0.1) is 5.82 Å². The van der Waals surface area contributed by atoms with E-state index in [2.05, 4.69) is 21.2 Å². The van der Waals surface area contributed by atoms with E-state index in [0.717, 1.165) is 17.0 Å². The van der Waals surface area contributed by atoms with Crippen LogP contribution < -0.4 is 5.32 Å². The molecule has 0 spiro atoms. The van der Waals surface area contributed by atoms with Gasteiger partial charge in [0.25, 0.3) is 0 Å². The van der Waals surface area contributed by atoms with Crippen LogP contribution in [0.1, 0.15) is 5.56 Å². The summed E-state index contributed by atoms with van der Waals surface area (Å²) in [6, 6.07) is 5.47.